The lowest BCUT2D eigenvalue weighted by Gasteiger charge is -2.25. The number of hydrogen-bond donors (Lipinski definition) is 2. The number of aliphatic hydroxyl groups excluding tert-OH is 1. The molecule has 0 aliphatic carbocycles. The molecule has 2 aromatic rings. The molecule has 0 bridgehead atoms. The van der Waals surface area contributed by atoms with Gasteiger partial charge in [-0.25, -0.2) is 4.39 Å². The van der Waals surface area contributed by atoms with Crippen LogP contribution in [0, 0.1) is 17.1 Å². The van der Waals surface area contributed by atoms with Crippen LogP contribution < -0.4 is 15.9 Å². The summed E-state index contributed by atoms with van der Waals surface area (Å²) >= 11 is 6.09. The number of nitrogens with zero attached hydrogens (tertiary/aromatic N) is 1. The topological polar surface area (TPSA) is 109 Å². The summed E-state index contributed by atoms with van der Waals surface area (Å²) in [5, 5.41) is 18.7. The molecule has 1 atom stereocenters. The molecule has 0 saturated heterocycles. The van der Waals surface area contributed by atoms with E-state index in [4.69, 9.17) is 26.5 Å². The van der Waals surface area contributed by atoms with Crippen molar-refractivity contribution in [1.29, 1.82) is 5.26 Å². The summed E-state index contributed by atoms with van der Waals surface area (Å²) in [5.41, 5.74) is 4.88. The molecule has 2 heterocycles. The number of halogens is 2. The third-order valence-corrected chi connectivity index (χ3v) is 3.90. The van der Waals surface area contributed by atoms with E-state index in [1.807, 2.05) is 6.07 Å². The molecule has 6 nitrogen and oxygen atoms in total. The fraction of sp³-hybridized carbons (Fsp3) is 0.125. The fourth-order valence-corrected chi connectivity index (χ4v) is 2.81. The first kappa shape index (κ1) is 16.1. The van der Waals surface area contributed by atoms with Crippen LogP contribution in [0.25, 0.3) is 0 Å². The largest absolute Gasteiger partial charge is 0.458 e. The van der Waals surface area contributed by atoms with E-state index in [1.165, 1.54) is 12.1 Å². The zero-order valence-electron chi connectivity index (χ0n) is 12.0. The second kappa shape index (κ2) is 6.00. The lowest BCUT2D eigenvalue weighted by Crippen LogP contribution is -2.26. The van der Waals surface area contributed by atoms with Crippen LogP contribution in [0.1, 0.15) is 23.0 Å². The lowest BCUT2D eigenvalue weighted by molar-refractivity contribution is 0.231. The van der Waals surface area contributed by atoms with E-state index in [9.17, 15) is 19.6 Å². The molecule has 0 unspecified atom stereocenters. The molecule has 1 aliphatic rings. The average molecular weight is 349 g/mol. The van der Waals surface area contributed by atoms with Crippen LogP contribution in [0.15, 0.2) is 44.9 Å². The smallest absolute Gasteiger partial charge is 0.228 e. The monoisotopic (exact) mass is 348 g/mol. The molecule has 1 aliphatic heterocycles. The van der Waals surface area contributed by atoms with Crippen LogP contribution in [0.2, 0.25) is 5.02 Å². The second-order valence-electron chi connectivity index (χ2n) is 4.99. The SMILES string of the molecule is N#CC1=C(N)Oc2c(oc(CO)cc2=O)[C@H]1c1c(F)cccc1Cl. The first-order valence-electron chi connectivity index (χ1n) is 6.77. The molecule has 122 valence electrons. The zero-order chi connectivity index (χ0) is 17.4. The Morgan fingerprint density at radius 3 is 2.83 bits per heavy atom. The maximum absolute atomic E-state index is 14.4. The van der Waals surface area contributed by atoms with Gasteiger partial charge in [-0.1, -0.05) is 17.7 Å². The van der Waals surface area contributed by atoms with Gasteiger partial charge in [0, 0.05) is 16.7 Å². The van der Waals surface area contributed by atoms with Gasteiger partial charge in [0.1, 0.15) is 29.8 Å². The van der Waals surface area contributed by atoms with Gasteiger partial charge in [-0.2, -0.15) is 5.26 Å². The Kier molecular flexibility index (Phi) is 4.01. The van der Waals surface area contributed by atoms with Crippen molar-refractivity contribution in [3.63, 3.8) is 0 Å². The summed E-state index contributed by atoms with van der Waals surface area (Å²) in [4.78, 5) is 12.1. The van der Waals surface area contributed by atoms with E-state index in [-0.39, 0.29) is 39.3 Å². The van der Waals surface area contributed by atoms with Crippen molar-refractivity contribution in [3.8, 4) is 11.8 Å². The summed E-state index contributed by atoms with van der Waals surface area (Å²) in [6.45, 7) is -0.554. The van der Waals surface area contributed by atoms with Crippen molar-refractivity contribution in [2.75, 3.05) is 0 Å². The molecule has 0 radical (unpaired) electrons. The number of aliphatic hydroxyl groups is 1. The summed E-state index contributed by atoms with van der Waals surface area (Å²) in [5.74, 6) is -2.65. The standard InChI is InChI=1S/C16H10ClFN2O4/c17-9-2-1-3-10(18)13(9)12-8(5-19)16(20)24-14-11(22)4-7(6-21)23-15(12)14/h1-4,12,21H,6,20H2/t12-/m1/s1. The predicted molar refractivity (Wildman–Crippen MR) is 81.6 cm³/mol. The number of nitriles is 1. The minimum absolute atomic E-state index is 0.0328. The molecule has 1 aromatic heterocycles. The average Bonchev–Trinajstić information content (AvgIpc) is 2.55. The van der Waals surface area contributed by atoms with Crippen LogP contribution >= 0.6 is 11.6 Å². The summed E-state index contributed by atoms with van der Waals surface area (Å²) in [7, 11) is 0. The molecule has 0 fully saturated rings. The molecular formula is C16H10ClFN2O4. The first-order valence-corrected chi connectivity index (χ1v) is 7.15. The van der Waals surface area contributed by atoms with Gasteiger partial charge in [0.2, 0.25) is 17.1 Å². The molecular weight excluding hydrogens is 339 g/mol. The van der Waals surface area contributed by atoms with Gasteiger partial charge in [0.05, 0.1) is 5.92 Å². The van der Waals surface area contributed by atoms with E-state index in [0.717, 1.165) is 12.1 Å². The number of allylic oxidation sites excluding steroid dienone is 1. The van der Waals surface area contributed by atoms with Gasteiger partial charge in [-0.05, 0) is 12.1 Å². The van der Waals surface area contributed by atoms with Crippen LogP contribution in [-0.2, 0) is 6.61 Å². The van der Waals surface area contributed by atoms with Crippen LogP contribution in [0.3, 0.4) is 0 Å². The van der Waals surface area contributed by atoms with E-state index in [1.54, 1.807) is 0 Å². The van der Waals surface area contributed by atoms with Crippen molar-refractivity contribution >= 4 is 11.6 Å². The quantitative estimate of drug-likeness (QED) is 0.860. The van der Waals surface area contributed by atoms with E-state index >= 15 is 0 Å². The second-order valence-corrected chi connectivity index (χ2v) is 5.40. The van der Waals surface area contributed by atoms with Gasteiger partial charge in [-0.3, -0.25) is 4.79 Å². The Labute approximate surface area is 140 Å². The maximum Gasteiger partial charge on any atom is 0.228 e. The highest BCUT2D eigenvalue weighted by Crippen LogP contribution is 2.43. The third kappa shape index (κ3) is 2.42. The number of hydrogen-bond acceptors (Lipinski definition) is 6. The number of ether oxygens (including phenoxy) is 1. The first-order chi connectivity index (χ1) is 11.5. The lowest BCUT2D eigenvalue weighted by atomic mass is 9.87. The molecule has 24 heavy (non-hydrogen) atoms. The molecule has 3 N–H and O–H groups in total. The Morgan fingerprint density at radius 2 is 2.21 bits per heavy atom. The Morgan fingerprint density at radius 1 is 1.46 bits per heavy atom. The number of fused-ring (bicyclic) bond motifs is 1. The molecule has 3 rings (SSSR count). The van der Waals surface area contributed by atoms with E-state index in [2.05, 4.69) is 0 Å². The third-order valence-electron chi connectivity index (χ3n) is 3.57. The van der Waals surface area contributed by atoms with Gasteiger partial charge >= 0.3 is 0 Å². The fourth-order valence-electron chi connectivity index (χ4n) is 2.54. The molecule has 8 heteroatoms. The van der Waals surface area contributed by atoms with Crippen LogP contribution in [0.4, 0.5) is 4.39 Å². The van der Waals surface area contributed by atoms with Crippen molar-refractivity contribution < 1.29 is 18.7 Å². The van der Waals surface area contributed by atoms with Crippen LogP contribution in [0.5, 0.6) is 5.75 Å². The maximum atomic E-state index is 14.4. The highest BCUT2D eigenvalue weighted by molar-refractivity contribution is 6.31. The van der Waals surface area contributed by atoms with Gasteiger partial charge in [-0.15, -0.1) is 0 Å². The van der Waals surface area contributed by atoms with Gasteiger partial charge < -0.3 is 20.0 Å². The summed E-state index contributed by atoms with van der Waals surface area (Å²) in [6.07, 6.45) is 0. The van der Waals surface area contributed by atoms with Crippen molar-refractivity contribution in [2.45, 2.75) is 12.5 Å². The number of benzene rings is 1. The molecule has 0 spiro atoms. The summed E-state index contributed by atoms with van der Waals surface area (Å²) < 4.78 is 25.0. The molecule has 0 amide bonds. The normalized spacial score (nSPS) is 16.3. The molecule has 1 aromatic carbocycles. The minimum Gasteiger partial charge on any atom is -0.458 e. The Hall–Kier alpha value is -2.82. The van der Waals surface area contributed by atoms with Crippen LogP contribution in [-0.4, -0.2) is 5.11 Å². The Bertz CT molecular complexity index is 941. The number of nitrogens with two attached hydrogens (primary N) is 1. The van der Waals surface area contributed by atoms with Crippen molar-refractivity contribution in [1.82, 2.24) is 0 Å². The highest BCUT2D eigenvalue weighted by Gasteiger charge is 2.37. The van der Waals surface area contributed by atoms with E-state index in [0.29, 0.717) is 0 Å². The predicted octanol–water partition coefficient (Wildman–Crippen LogP) is 2.14. The van der Waals surface area contributed by atoms with Crippen molar-refractivity contribution in [2.24, 2.45) is 5.73 Å². The van der Waals surface area contributed by atoms with Gasteiger partial charge in [0.15, 0.2) is 5.76 Å². The van der Waals surface area contributed by atoms with Crippen molar-refractivity contribution in [3.05, 3.63) is 73.9 Å². The Balaban J connectivity index is 2.38. The summed E-state index contributed by atoms with van der Waals surface area (Å²) in [6, 6.07) is 6.87. The number of rotatable bonds is 2. The van der Waals surface area contributed by atoms with Gasteiger partial charge in [0.25, 0.3) is 0 Å². The molecule has 0 saturated carbocycles. The minimum atomic E-state index is -1.16. The van der Waals surface area contributed by atoms with E-state index < -0.39 is 23.8 Å². The zero-order valence-corrected chi connectivity index (χ0v) is 12.8. The highest BCUT2D eigenvalue weighted by atomic mass is 35.5.